The van der Waals surface area contributed by atoms with Crippen molar-refractivity contribution in [3.8, 4) is 0 Å². The summed E-state index contributed by atoms with van der Waals surface area (Å²) in [7, 11) is 1.83. The maximum Gasteiger partial charge on any atom is 0.227 e. The van der Waals surface area contributed by atoms with Crippen LogP contribution >= 0.6 is 0 Å². The highest BCUT2D eigenvalue weighted by atomic mass is 16.2. The summed E-state index contributed by atoms with van der Waals surface area (Å²) in [5, 5.41) is 3.32. The number of carbonyl (C=O) groups is 2. The Bertz CT molecular complexity index is 659. The number of hydrogen-bond donors (Lipinski definition) is 1. The van der Waals surface area contributed by atoms with Crippen molar-refractivity contribution in [1.29, 1.82) is 0 Å². The van der Waals surface area contributed by atoms with Gasteiger partial charge in [-0.25, -0.2) is 0 Å². The molecule has 2 bridgehead atoms. The Morgan fingerprint density at radius 1 is 1.24 bits per heavy atom. The second kappa shape index (κ2) is 6.47. The van der Waals surface area contributed by atoms with Crippen LogP contribution in [-0.2, 0) is 16.0 Å². The summed E-state index contributed by atoms with van der Waals surface area (Å²) in [6.45, 7) is 0.639. The van der Waals surface area contributed by atoms with Crippen LogP contribution in [0.5, 0.6) is 0 Å². The molecule has 4 nitrogen and oxygen atoms in total. The zero-order valence-corrected chi connectivity index (χ0v) is 15.0. The van der Waals surface area contributed by atoms with Crippen LogP contribution in [0.2, 0.25) is 0 Å². The third kappa shape index (κ3) is 3.07. The molecule has 25 heavy (non-hydrogen) atoms. The molecule has 1 aromatic rings. The van der Waals surface area contributed by atoms with Crippen LogP contribution in [0.3, 0.4) is 0 Å². The minimum absolute atomic E-state index is 0.0991. The summed E-state index contributed by atoms with van der Waals surface area (Å²) in [6, 6.07) is 10.6. The van der Waals surface area contributed by atoms with Crippen molar-refractivity contribution >= 4 is 11.8 Å². The van der Waals surface area contributed by atoms with Crippen molar-refractivity contribution in [2.24, 2.45) is 17.3 Å². The molecular formula is C21H28N2O2. The summed E-state index contributed by atoms with van der Waals surface area (Å²) in [5.41, 5.74) is 1.02. The highest BCUT2D eigenvalue weighted by molar-refractivity contribution is 5.85. The first-order chi connectivity index (χ1) is 12.1. The molecule has 1 aliphatic heterocycles. The van der Waals surface area contributed by atoms with Gasteiger partial charge in [-0.05, 0) is 49.5 Å². The molecule has 2 saturated carbocycles. The number of nitrogens with one attached hydrogen (secondary N) is 1. The van der Waals surface area contributed by atoms with E-state index in [4.69, 9.17) is 0 Å². The molecule has 0 aromatic heterocycles. The smallest absolute Gasteiger partial charge is 0.227 e. The molecule has 4 heteroatoms. The van der Waals surface area contributed by atoms with Gasteiger partial charge in [-0.1, -0.05) is 36.8 Å². The van der Waals surface area contributed by atoms with E-state index in [9.17, 15) is 9.59 Å². The summed E-state index contributed by atoms with van der Waals surface area (Å²) in [4.78, 5) is 26.9. The van der Waals surface area contributed by atoms with Crippen molar-refractivity contribution < 1.29 is 9.59 Å². The van der Waals surface area contributed by atoms with E-state index >= 15 is 0 Å². The number of fused-ring (bicyclic) bond motifs is 2. The molecule has 1 N–H and O–H groups in total. The van der Waals surface area contributed by atoms with Crippen LogP contribution in [0.25, 0.3) is 0 Å². The lowest BCUT2D eigenvalue weighted by Crippen LogP contribution is -2.54. The number of amides is 2. The predicted octanol–water partition coefficient (Wildman–Crippen LogP) is 2.77. The van der Waals surface area contributed by atoms with Gasteiger partial charge in [0.15, 0.2) is 0 Å². The van der Waals surface area contributed by atoms with E-state index in [1.54, 1.807) is 4.90 Å². The predicted molar refractivity (Wildman–Crippen MR) is 96.8 cm³/mol. The zero-order chi connectivity index (χ0) is 17.4. The number of likely N-dealkylation sites (tertiary alicyclic amines) is 1. The van der Waals surface area contributed by atoms with Crippen molar-refractivity contribution in [1.82, 2.24) is 10.2 Å². The van der Waals surface area contributed by atoms with Crippen LogP contribution in [0, 0.1) is 17.3 Å². The minimum Gasteiger partial charge on any atom is -0.351 e. The Labute approximate surface area is 150 Å². The van der Waals surface area contributed by atoms with Crippen LogP contribution < -0.4 is 5.32 Å². The Morgan fingerprint density at radius 2 is 2.04 bits per heavy atom. The lowest BCUT2D eigenvalue weighted by Gasteiger charge is -2.39. The highest BCUT2D eigenvalue weighted by Gasteiger charge is 2.55. The topological polar surface area (TPSA) is 49.4 Å². The van der Waals surface area contributed by atoms with Gasteiger partial charge in [0.05, 0.1) is 5.41 Å². The lowest BCUT2D eigenvalue weighted by molar-refractivity contribution is -0.138. The Morgan fingerprint density at radius 3 is 2.68 bits per heavy atom. The van der Waals surface area contributed by atoms with Crippen LogP contribution in [0.4, 0.5) is 0 Å². The molecule has 4 rings (SSSR count). The fourth-order valence-corrected chi connectivity index (χ4v) is 5.44. The van der Waals surface area contributed by atoms with Crippen LogP contribution in [0.15, 0.2) is 30.3 Å². The quantitative estimate of drug-likeness (QED) is 0.916. The van der Waals surface area contributed by atoms with Crippen LogP contribution in [0.1, 0.15) is 44.1 Å². The molecule has 3 fully saturated rings. The third-order valence-electron chi connectivity index (χ3n) is 6.75. The lowest BCUT2D eigenvalue weighted by atomic mass is 9.68. The highest BCUT2D eigenvalue weighted by Crippen LogP contribution is 2.57. The molecule has 2 aliphatic carbocycles. The van der Waals surface area contributed by atoms with Gasteiger partial charge in [-0.3, -0.25) is 9.59 Å². The third-order valence-corrected chi connectivity index (χ3v) is 6.75. The second-order valence-corrected chi connectivity index (χ2v) is 8.38. The molecule has 4 unspecified atom stereocenters. The first kappa shape index (κ1) is 16.6. The molecular weight excluding hydrogens is 312 g/mol. The van der Waals surface area contributed by atoms with Gasteiger partial charge in [0.1, 0.15) is 0 Å². The van der Waals surface area contributed by atoms with Crippen LogP contribution in [-0.4, -0.2) is 36.3 Å². The number of likely N-dealkylation sites (N-methyl/N-ethyl adjacent to an activating group) is 1. The van der Waals surface area contributed by atoms with Crippen molar-refractivity contribution in [2.45, 2.75) is 51.0 Å². The van der Waals surface area contributed by atoms with Gasteiger partial charge in [-0.15, -0.1) is 0 Å². The van der Waals surface area contributed by atoms with Crippen molar-refractivity contribution in [3.63, 3.8) is 0 Å². The number of benzene rings is 1. The van der Waals surface area contributed by atoms with E-state index in [0.29, 0.717) is 18.9 Å². The molecule has 4 atom stereocenters. The van der Waals surface area contributed by atoms with E-state index in [0.717, 1.165) is 25.2 Å². The van der Waals surface area contributed by atoms with Gasteiger partial charge >= 0.3 is 0 Å². The van der Waals surface area contributed by atoms with Gasteiger partial charge in [0, 0.05) is 26.1 Å². The molecule has 0 spiro atoms. The molecule has 1 aromatic carbocycles. The minimum atomic E-state index is -0.246. The maximum atomic E-state index is 13.4. The zero-order valence-electron chi connectivity index (χ0n) is 15.0. The Hall–Kier alpha value is -1.84. The van der Waals surface area contributed by atoms with Gasteiger partial charge in [-0.2, -0.15) is 0 Å². The first-order valence-corrected chi connectivity index (χ1v) is 9.66. The summed E-state index contributed by atoms with van der Waals surface area (Å²) >= 11 is 0. The van der Waals surface area contributed by atoms with Gasteiger partial charge in [0.25, 0.3) is 0 Å². The number of nitrogens with zero attached hydrogens (tertiary/aromatic N) is 1. The van der Waals surface area contributed by atoms with Gasteiger partial charge in [0.2, 0.25) is 11.8 Å². The average molecular weight is 340 g/mol. The standard InChI is InChI=1S/C21H28N2O2/c1-23-14-18(9-10-19(23)24)22-20(25)21(12-15-5-3-2-4-6-15)13-16-7-8-17(21)11-16/h2-6,16-18H,7-14H2,1H3,(H,22,25). The Balaban J connectivity index is 1.52. The molecule has 1 heterocycles. The van der Waals surface area contributed by atoms with E-state index < -0.39 is 0 Å². The fourth-order valence-electron chi connectivity index (χ4n) is 5.44. The van der Waals surface area contributed by atoms with E-state index in [1.807, 2.05) is 13.1 Å². The van der Waals surface area contributed by atoms with Crippen molar-refractivity contribution in [2.75, 3.05) is 13.6 Å². The number of rotatable bonds is 4. The average Bonchev–Trinajstić information content (AvgIpc) is 3.21. The van der Waals surface area contributed by atoms with Crippen molar-refractivity contribution in [3.05, 3.63) is 35.9 Å². The first-order valence-electron chi connectivity index (χ1n) is 9.66. The largest absolute Gasteiger partial charge is 0.351 e. The maximum absolute atomic E-state index is 13.4. The number of hydrogen-bond acceptors (Lipinski definition) is 2. The number of carbonyl (C=O) groups excluding carboxylic acids is 2. The second-order valence-electron chi connectivity index (χ2n) is 8.38. The monoisotopic (exact) mass is 340 g/mol. The normalized spacial score (nSPS) is 34.4. The van der Waals surface area contributed by atoms with E-state index in [1.165, 1.54) is 24.8 Å². The number of piperidine rings is 1. The fraction of sp³-hybridized carbons (Fsp3) is 0.619. The van der Waals surface area contributed by atoms with Gasteiger partial charge < -0.3 is 10.2 Å². The summed E-state index contributed by atoms with van der Waals surface area (Å²) in [5.74, 6) is 1.65. The molecule has 134 valence electrons. The molecule has 3 aliphatic rings. The molecule has 2 amide bonds. The summed E-state index contributed by atoms with van der Waals surface area (Å²) in [6.07, 6.45) is 6.87. The molecule has 1 saturated heterocycles. The molecule has 0 radical (unpaired) electrons. The summed E-state index contributed by atoms with van der Waals surface area (Å²) < 4.78 is 0. The SMILES string of the molecule is CN1CC(NC(=O)C2(Cc3ccccc3)CC3CCC2C3)CCC1=O. The Kier molecular flexibility index (Phi) is 4.30. The van der Waals surface area contributed by atoms with E-state index in [2.05, 4.69) is 29.6 Å². The van der Waals surface area contributed by atoms with E-state index in [-0.39, 0.29) is 23.3 Å².